The third-order valence-electron chi connectivity index (χ3n) is 5.99. The van der Waals surface area contributed by atoms with E-state index in [9.17, 15) is 8.42 Å². The van der Waals surface area contributed by atoms with E-state index in [0.29, 0.717) is 24.5 Å². The van der Waals surface area contributed by atoms with E-state index in [0.717, 1.165) is 50.5 Å². The van der Waals surface area contributed by atoms with Crippen molar-refractivity contribution in [2.75, 3.05) is 51.2 Å². The van der Waals surface area contributed by atoms with Crippen LogP contribution >= 0.6 is 24.0 Å². The predicted octanol–water partition coefficient (Wildman–Crippen LogP) is 2.99. The van der Waals surface area contributed by atoms with Crippen molar-refractivity contribution in [3.05, 3.63) is 60.2 Å². The van der Waals surface area contributed by atoms with E-state index in [1.807, 2.05) is 18.2 Å². The predicted molar refractivity (Wildman–Crippen MR) is 140 cm³/mol. The van der Waals surface area contributed by atoms with Crippen LogP contribution in [0.3, 0.4) is 0 Å². The van der Waals surface area contributed by atoms with Crippen molar-refractivity contribution in [3.63, 3.8) is 0 Å². The van der Waals surface area contributed by atoms with Gasteiger partial charge in [-0.25, -0.2) is 8.42 Å². The minimum Gasteiger partial charge on any atom is -0.368 e. The molecule has 32 heavy (non-hydrogen) atoms. The summed E-state index contributed by atoms with van der Waals surface area (Å²) in [5, 5.41) is 3.42. The first-order valence-electron chi connectivity index (χ1n) is 10.9. The number of aliphatic imine (C=N–C) groups is 1. The molecule has 0 spiro atoms. The summed E-state index contributed by atoms with van der Waals surface area (Å²) >= 11 is 0. The summed E-state index contributed by atoms with van der Waals surface area (Å²) in [6, 6.07) is 17.7. The fraction of sp³-hybridized carbons (Fsp3) is 0.435. The summed E-state index contributed by atoms with van der Waals surface area (Å²) < 4.78 is 26.9. The summed E-state index contributed by atoms with van der Waals surface area (Å²) in [5.74, 6) is 0.876. The molecule has 0 amide bonds. The molecule has 2 aromatic rings. The number of anilines is 1. The van der Waals surface area contributed by atoms with Crippen molar-refractivity contribution < 1.29 is 8.42 Å². The summed E-state index contributed by atoms with van der Waals surface area (Å²) in [6.45, 7) is 5.57. The van der Waals surface area contributed by atoms with Crippen LogP contribution in [0.15, 0.2) is 64.5 Å². The Balaban J connectivity index is 0.00000289. The largest absolute Gasteiger partial charge is 0.368 e. The second kappa shape index (κ2) is 11.3. The highest BCUT2D eigenvalue weighted by Crippen LogP contribution is 2.21. The maximum atomic E-state index is 12.7. The van der Waals surface area contributed by atoms with Crippen molar-refractivity contribution in [2.45, 2.75) is 24.3 Å². The van der Waals surface area contributed by atoms with Crippen molar-refractivity contribution >= 4 is 45.6 Å². The summed E-state index contributed by atoms with van der Waals surface area (Å²) in [6.07, 6.45) is 1.89. The minimum atomic E-state index is -3.36. The zero-order valence-electron chi connectivity index (χ0n) is 18.5. The average Bonchev–Trinajstić information content (AvgIpc) is 3.37. The minimum absolute atomic E-state index is 0. The lowest BCUT2D eigenvalue weighted by Gasteiger charge is -2.37. The molecule has 0 radical (unpaired) electrons. The van der Waals surface area contributed by atoms with E-state index in [1.165, 1.54) is 5.69 Å². The Labute approximate surface area is 208 Å². The van der Waals surface area contributed by atoms with Crippen molar-refractivity contribution in [3.8, 4) is 0 Å². The number of hydrogen-bond donors (Lipinski definition) is 1. The van der Waals surface area contributed by atoms with Gasteiger partial charge in [-0.15, -0.1) is 24.0 Å². The second-order valence-corrected chi connectivity index (χ2v) is 9.90. The van der Waals surface area contributed by atoms with E-state index >= 15 is 0 Å². The van der Waals surface area contributed by atoms with Crippen LogP contribution in [0, 0.1) is 0 Å². The smallest absolute Gasteiger partial charge is 0.243 e. The molecule has 4 rings (SSSR count). The SMILES string of the molecule is CN=C(NCc1ccc(S(=O)(=O)N2CCCC2)cc1)N1CCN(c2ccccc2)CC1.I. The summed E-state index contributed by atoms with van der Waals surface area (Å²) in [7, 11) is -1.56. The van der Waals surface area contributed by atoms with Gasteiger partial charge in [-0.3, -0.25) is 4.99 Å². The van der Waals surface area contributed by atoms with Crippen LogP contribution in [-0.4, -0.2) is 69.9 Å². The van der Waals surface area contributed by atoms with E-state index in [1.54, 1.807) is 23.5 Å². The highest BCUT2D eigenvalue weighted by atomic mass is 127. The number of nitrogens with one attached hydrogen (secondary N) is 1. The lowest BCUT2D eigenvalue weighted by Crippen LogP contribution is -2.52. The standard InChI is InChI=1S/C23H31N5O2S.HI/c1-24-23(27-17-15-26(16-18-27)21-7-3-2-4-8-21)25-19-20-9-11-22(12-10-20)31(29,30)28-13-5-6-14-28;/h2-4,7-12H,5-6,13-19H2,1H3,(H,24,25);1H. The third kappa shape index (κ3) is 5.74. The highest BCUT2D eigenvalue weighted by molar-refractivity contribution is 14.0. The molecule has 2 aliphatic heterocycles. The molecule has 2 heterocycles. The van der Waals surface area contributed by atoms with Gasteiger partial charge >= 0.3 is 0 Å². The number of para-hydroxylation sites is 1. The number of guanidine groups is 1. The van der Waals surface area contributed by atoms with E-state index in [4.69, 9.17) is 0 Å². The maximum Gasteiger partial charge on any atom is 0.243 e. The van der Waals surface area contributed by atoms with Crippen LogP contribution in [0.5, 0.6) is 0 Å². The van der Waals surface area contributed by atoms with Gasteiger partial charge in [0.1, 0.15) is 0 Å². The zero-order chi connectivity index (χ0) is 21.7. The van der Waals surface area contributed by atoms with Crippen LogP contribution in [-0.2, 0) is 16.6 Å². The number of sulfonamides is 1. The molecule has 0 aromatic heterocycles. The molecule has 0 aliphatic carbocycles. The summed E-state index contributed by atoms with van der Waals surface area (Å²) in [5.41, 5.74) is 2.29. The Bertz CT molecular complexity index is 985. The lowest BCUT2D eigenvalue weighted by molar-refractivity contribution is 0.372. The van der Waals surface area contributed by atoms with Crippen LogP contribution < -0.4 is 10.2 Å². The van der Waals surface area contributed by atoms with Gasteiger partial charge in [-0.2, -0.15) is 4.31 Å². The molecule has 174 valence electrons. The van der Waals surface area contributed by atoms with Gasteiger partial charge in [0.15, 0.2) is 5.96 Å². The van der Waals surface area contributed by atoms with E-state index in [-0.39, 0.29) is 24.0 Å². The summed E-state index contributed by atoms with van der Waals surface area (Å²) in [4.78, 5) is 9.48. The van der Waals surface area contributed by atoms with Gasteiger partial charge in [-0.05, 0) is 42.7 Å². The maximum absolute atomic E-state index is 12.7. The van der Waals surface area contributed by atoms with Crippen molar-refractivity contribution in [1.29, 1.82) is 0 Å². The molecule has 2 aromatic carbocycles. The monoisotopic (exact) mass is 569 g/mol. The molecular formula is C23H32IN5O2S. The number of hydrogen-bond acceptors (Lipinski definition) is 4. The Kier molecular flexibility index (Phi) is 8.78. The molecule has 2 aliphatic rings. The first-order valence-corrected chi connectivity index (χ1v) is 12.4. The Hall–Kier alpha value is -1.85. The van der Waals surface area contributed by atoms with Gasteiger partial charge < -0.3 is 15.1 Å². The number of nitrogens with zero attached hydrogens (tertiary/aromatic N) is 4. The average molecular weight is 570 g/mol. The Morgan fingerprint density at radius 2 is 1.53 bits per heavy atom. The topological polar surface area (TPSA) is 68.2 Å². The molecule has 0 unspecified atom stereocenters. The highest BCUT2D eigenvalue weighted by Gasteiger charge is 2.27. The molecule has 0 bridgehead atoms. The lowest BCUT2D eigenvalue weighted by atomic mass is 10.2. The number of benzene rings is 2. The van der Waals surface area contributed by atoms with Crippen LogP contribution in [0.4, 0.5) is 5.69 Å². The van der Waals surface area contributed by atoms with Gasteiger partial charge in [0.05, 0.1) is 4.90 Å². The van der Waals surface area contributed by atoms with Crippen molar-refractivity contribution in [2.24, 2.45) is 4.99 Å². The fourth-order valence-corrected chi connectivity index (χ4v) is 5.70. The van der Waals surface area contributed by atoms with Crippen LogP contribution in [0.2, 0.25) is 0 Å². The molecule has 0 saturated carbocycles. The molecular weight excluding hydrogens is 537 g/mol. The number of piperazine rings is 1. The third-order valence-corrected chi connectivity index (χ3v) is 7.90. The van der Waals surface area contributed by atoms with Crippen LogP contribution in [0.1, 0.15) is 18.4 Å². The fourth-order valence-electron chi connectivity index (χ4n) is 4.19. The van der Waals surface area contributed by atoms with E-state index in [2.05, 4.69) is 44.4 Å². The van der Waals surface area contributed by atoms with Gasteiger partial charge in [0.2, 0.25) is 10.0 Å². The normalized spacial score (nSPS) is 17.8. The zero-order valence-corrected chi connectivity index (χ0v) is 21.6. The number of halogens is 1. The molecule has 2 fully saturated rings. The quantitative estimate of drug-likeness (QED) is 0.341. The molecule has 7 nitrogen and oxygen atoms in total. The molecule has 9 heteroatoms. The first-order chi connectivity index (χ1) is 15.1. The van der Waals surface area contributed by atoms with Gasteiger partial charge in [0, 0.05) is 58.5 Å². The molecule has 0 atom stereocenters. The Morgan fingerprint density at radius 1 is 0.906 bits per heavy atom. The second-order valence-electron chi connectivity index (χ2n) is 7.97. The van der Waals surface area contributed by atoms with Crippen molar-refractivity contribution in [1.82, 2.24) is 14.5 Å². The first kappa shape index (κ1) is 24.8. The Morgan fingerprint density at radius 3 is 2.12 bits per heavy atom. The van der Waals surface area contributed by atoms with Gasteiger partial charge in [-0.1, -0.05) is 30.3 Å². The molecule has 1 N–H and O–H groups in total. The van der Waals surface area contributed by atoms with Crippen LogP contribution in [0.25, 0.3) is 0 Å². The number of rotatable bonds is 5. The molecule has 2 saturated heterocycles. The van der Waals surface area contributed by atoms with E-state index < -0.39 is 10.0 Å². The van der Waals surface area contributed by atoms with Gasteiger partial charge in [0.25, 0.3) is 0 Å².